The number of sulfonamides is 1. The van der Waals surface area contributed by atoms with Crippen LogP contribution < -0.4 is 20.5 Å². The molecule has 13 heteroatoms. The molecule has 0 unspecified atom stereocenters. The molecule has 0 radical (unpaired) electrons. The van der Waals surface area contributed by atoms with E-state index in [0.717, 1.165) is 5.56 Å². The minimum Gasteiger partial charge on any atom is -0.473 e. The highest BCUT2D eigenvalue weighted by Gasteiger charge is 2.55. The fourth-order valence-corrected chi connectivity index (χ4v) is 4.56. The number of hydrogen-bond donors (Lipinski definition) is 3. The molecule has 1 amide bonds. The standard InChI is InChI=1S/C20H20ClN5O6S/c1-26-16-13(10-23-24-18(16)32-11-20(6-7-20)33(30,31)25-29)8-15(19(26)28)17(27)22-9-12-2-4-14(21)5-3-12/h2-5,8,10,25,29H,6-7,9,11H2,1H3,(H,22,27). The molecular weight excluding hydrogens is 474 g/mol. The second-order valence-corrected chi connectivity index (χ2v) is 10.2. The Morgan fingerprint density at radius 1 is 1.30 bits per heavy atom. The normalized spacial score (nSPS) is 14.8. The van der Waals surface area contributed by atoms with Crippen LogP contribution in [0, 0.1) is 0 Å². The van der Waals surface area contributed by atoms with E-state index in [9.17, 15) is 18.0 Å². The summed E-state index contributed by atoms with van der Waals surface area (Å²) in [6.45, 7) is -0.0796. The van der Waals surface area contributed by atoms with Gasteiger partial charge in [-0.3, -0.25) is 9.59 Å². The molecule has 0 atom stereocenters. The summed E-state index contributed by atoms with van der Waals surface area (Å²) in [5.74, 6) is -0.622. The Bertz CT molecular complexity index is 1390. The number of rotatable bonds is 8. The van der Waals surface area contributed by atoms with Gasteiger partial charge in [0, 0.05) is 24.0 Å². The number of hydrogen-bond acceptors (Lipinski definition) is 8. The summed E-state index contributed by atoms with van der Waals surface area (Å²) in [6.07, 6.45) is 1.98. The van der Waals surface area contributed by atoms with Crippen LogP contribution in [0.2, 0.25) is 5.02 Å². The number of carbonyl (C=O) groups excluding carboxylic acids is 1. The van der Waals surface area contributed by atoms with Crippen molar-refractivity contribution in [3.8, 4) is 5.88 Å². The molecule has 3 N–H and O–H groups in total. The molecule has 0 saturated heterocycles. The molecule has 0 aliphatic heterocycles. The van der Waals surface area contributed by atoms with Crippen molar-refractivity contribution < 1.29 is 23.2 Å². The lowest BCUT2D eigenvalue weighted by Crippen LogP contribution is -2.38. The number of benzene rings is 1. The van der Waals surface area contributed by atoms with Crippen LogP contribution >= 0.6 is 11.6 Å². The van der Waals surface area contributed by atoms with Crippen LogP contribution in [0.5, 0.6) is 5.88 Å². The van der Waals surface area contributed by atoms with Gasteiger partial charge in [-0.15, -0.1) is 5.10 Å². The summed E-state index contributed by atoms with van der Waals surface area (Å²) in [5, 5.41) is 20.3. The second-order valence-electron chi connectivity index (χ2n) is 7.75. The van der Waals surface area contributed by atoms with E-state index in [1.165, 1.54) is 28.8 Å². The third-order valence-corrected chi connectivity index (χ3v) is 7.73. The number of nitrogens with zero attached hydrogens (tertiary/aromatic N) is 3. The maximum atomic E-state index is 12.9. The van der Waals surface area contributed by atoms with Gasteiger partial charge < -0.3 is 19.8 Å². The molecule has 1 saturated carbocycles. The van der Waals surface area contributed by atoms with Crippen molar-refractivity contribution in [3.05, 3.63) is 63.0 Å². The largest absolute Gasteiger partial charge is 0.473 e. The van der Waals surface area contributed by atoms with E-state index >= 15 is 0 Å². The van der Waals surface area contributed by atoms with Crippen LogP contribution in [-0.4, -0.2) is 45.7 Å². The summed E-state index contributed by atoms with van der Waals surface area (Å²) in [5.41, 5.74) is 0.394. The number of aromatic nitrogens is 3. The smallest absolute Gasteiger partial charge is 0.263 e. The zero-order chi connectivity index (χ0) is 23.8. The minimum absolute atomic E-state index is 0.0559. The van der Waals surface area contributed by atoms with Crippen molar-refractivity contribution in [2.24, 2.45) is 7.05 Å². The van der Waals surface area contributed by atoms with Crippen molar-refractivity contribution in [1.82, 2.24) is 25.0 Å². The van der Waals surface area contributed by atoms with E-state index in [2.05, 4.69) is 15.5 Å². The van der Waals surface area contributed by atoms with Crippen molar-refractivity contribution in [2.45, 2.75) is 24.1 Å². The lowest BCUT2D eigenvalue weighted by atomic mass is 10.1. The molecule has 4 rings (SSSR count). The Morgan fingerprint density at radius 3 is 2.64 bits per heavy atom. The van der Waals surface area contributed by atoms with Crippen LogP contribution in [0.25, 0.3) is 10.9 Å². The van der Waals surface area contributed by atoms with Gasteiger partial charge in [0.25, 0.3) is 17.3 Å². The number of fused-ring (bicyclic) bond motifs is 1. The van der Waals surface area contributed by atoms with Crippen LogP contribution in [-0.2, 0) is 23.6 Å². The fraction of sp³-hybridized carbons (Fsp3) is 0.300. The molecule has 1 fully saturated rings. The monoisotopic (exact) mass is 493 g/mol. The zero-order valence-electron chi connectivity index (χ0n) is 17.4. The molecule has 33 heavy (non-hydrogen) atoms. The molecule has 2 aromatic heterocycles. The Labute approximate surface area is 193 Å². The summed E-state index contributed by atoms with van der Waals surface area (Å²) in [6, 6.07) is 8.31. The van der Waals surface area contributed by atoms with Gasteiger partial charge >= 0.3 is 0 Å². The predicted molar refractivity (Wildman–Crippen MR) is 119 cm³/mol. The molecule has 174 valence electrons. The van der Waals surface area contributed by atoms with Gasteiger partial charge in [-0.25, -0.2) is 8.42 Å². The number of halogens is 1. The first-order valence-corrected chi connectivity index (χ1v) is 11.7. The predicted octanol–water partition coefficient (Wildman–Crippen LogP) is 1.13. The van der Waals surface area contributed by atoms with Crippen LogP contribution in [0.4, 0.5) is 0 Å². The van der Waals surface area contributed by atoms with Gasteiger partial charge in [0.1, 0.15) is 22.4 Å². The van der Waals surface area contributed by atoms with Crippen LogP contribution in [0.1, 0.15) is 28.8 Å². The van der Waals surface area contributed by atoms with Gasteiger partial charge in [0.15, 0.2) is 0 Å². The van der Waals surface area contributed by atoms with Crippen LogP contribution in [0.3, 0.4) is 0 Å². The van der Waals surface area contributed by atoms with Crippen molar-refractivity contribution in [1.29, 1.82) is 0 Å². The van der Waals surface area contributed by atoms with Gasteiger partial charge in [0.2, 0.25) is 10.0 Å². The maximum absolute atomic E-state index is 12.9. The average Bonchev–Trinajstić information content (AvgIpc) is 3.61. The summed E-state index contributed by atoms with van der Waals surface area (Å²) >= 11 is 5.86. The first-order valence-electron chi connectivity index (χ1n) is 9.84. The van der Waals surface area contributed by atoms with E-state index in [-0.39, 0.29) is 30.1 Å². The first kappa shape index (κ1) is 23.1. The molecule has 11 nitrogen and oxygen atoms in total. The van der Waals surface area contributed by atoms with E-state index in [1.807, 2.05) is 0 Å². The van der Waals surface area contributed by atoms with Gasteiger partial charge in [-0.2, -0.15) is 5.10 Å². The fourth-order valence-electron chi connectivity index (χ4n) is 3.38. The number of aryl methyl sites for hydroxylation is 1. The molecule has 2 heterocycles. The Balaban J connectivity index is 1.59. The van der Waals surface area contributed by atoms with E-state index < -0.39 is 26.2 Å². The average molecular weight is 494 g/mol. The number of nitrogens with one attached hydrogen (secondary N) is 2. The zero-order valence-corrected chi connectivity index (χ0v) is 19.0. The molecule has 1 aliphatic carbocycles. The van der Waals surface area contributed by atoms with Crippen molar-refractivity contribution >= 4 is 38.4 Å². The Kier molecular flexibility index (Phi) is 6.10. The lowest BCUT2D eigenvalue weighted by Gasteiger charge is -2.16. The van der Waals surface area contributed by atoms with Crippen LogP contribution in [0.15, 0.2) is 41.3 Å². The Hall–Kier alpha value is -3.06. The quantitative estimate of drug-likeness (QED) is 0.395. The first-order chi connectivity index (χ1) is 15.7. The number of ether oxygens (including phenoxy) is 1. The third kappa shape index (κ3) is 4.42. The van der Waals surface area contributed by atoms with Crippen molar-refractivity contribution in [2.75, 3.05) is 6.61 Å². The topological polar surface area (TPSA) is 153 Å². The van der Waals surface area contributed by atoms with Gasteiger partial charge in [-0.1, -0.05) is 28.6 Å². The van der Waals surface area contributed by atoms with Crippen molar-refractivity contribution in [3.63, 3.8) is 0 Å². The maximum Gasteiger partial charge on any atom is 0.263 e. The van der Waals surface area contributed by atoms with Gasteiger partial charge in [0.05, 0.1) is 6.20 Å². The summed E-state index contributed by atoms with van der Waals surface area (Å²) in [4.78, 5) is 26.9. The van der Waals surface area contributed by atoms with E-state index in [4.69, 9.17) is 21.5 Å². The number of amides is 1. The molecule has 1 aromatic carbocycles. The summed E-state index contributed by atoms with van der Waals surface area (Å²) < 4.78 is 29.6. The van der Waals surface area contributed by atoms with Gasteiger partial charge in [-0.05, 0) is 36.6 Å². The third-order valence-electron chi connectivity index (χ3n) is 5.57. The summed E-state index contributed by atoms with van der Waals surface area (Å²) in [7, 11) is -2.52. The number of pyridine rings is 1. The highest BCUT2D eigenvalue weighted by Crippen LogP contribution is 2.43. The highest BCUT2D eigenvalue weighted by molar-refractivity contribution is 7.91. The molecule has 0 spiro atoms. The Morgan fingerprint density at radius 2 is 2.00 bits per heavy atom. The number of carbonyl (C=O) groups is 1. The molecule has 0 bridgehead atoms. The van der Waals surface area contributed by atoms with E-state index in [1.54, 1.807) is 24.3 Å². The minimum atomic E-state index is -3.97. The molecular formula is C20H20ClN5O6S. The second kappa shape index (κ2) is 8.71. The SMILES string of the molecule is Cn1c(=O)c(C(=O)NCc2ccc(Cl)cc2)cc2cnnc(OCC3(S(=O)(=O)NO)CC3)c21. The highest BCUT2D eigenvalue weighted by atomic mass is 35.5. The molecule has 1 aliphatic rings. The van der Waals surface area contributed by atoms with E-state index in [0.29, 0.717) is 23.3 Å². The molecule has 3 aromatic rings. The lowest BCUT2D eigenvalue weighted by molar-refractivity contribution is 0.0949.